The summed E-state index contributed by atoms with van der Waals surface area (Å²) in [6.07, 6.45) is 1.02. The van der Waals surface area contributed by atoms with Gasteiger partial charge >= 0.3 is 0 Å². The molecule has 0 amide bonds. The van der Waals surface area contributed by atoms with Crippen LogP contribution in [0.25, 0.3) is 0 Å². The Morgan fingerprint density at radius 3 is 2.55 bits per heavy atom. The van der Waals surface area contributed by atoms with Crippen molar-refractivity contribution < 1.29 is 4.74 Å². The Morgan fingerprint density at radius 1 is 1.18 bits per heavy atom. The maximum absolute atomic E-state index is 5.24. The molecule has 0 N–H and O–H groups in total. The fourth-order valence-electron chi connectivity index (χ4n) is 0.979. The third-order valence-electron chi connectivity index (χ3n) is 1.58. The summed E-state index contributed by atoms with van der Waals surface area (Å²) in [5.41, 5.74) is 1.35. The highest BCUT2D eigenvalue weighted by Gasteiger charge is 1.89. The lowest BCUT2D eigenvalue weighted by atomic mass is 10.2. The highest BCUT2D eigenvalue weighted by molar-refractivity contribution is 5.14. The second-order valence-corrected chi connectivity index (χ2v) is 2.43. The third-order valence-corrected chi connectivity index (χ3v) is 1.58. The van der Waals surface area contributed by atoms with Crippen LogP contribution in [0.1, 0.15) is 12.5 Å². The van der Waals surface area contributed by atoms with Crippen molar-refractivity contribution >= 4 is 0 Å². The molecule has 0 saturated heterocycles. The molecule has 0 atom stereocenters. The van der Waals surface area contributed by atoms with Gasteiger partial charge in [-0.05, 0) is 18.9 Å². The number of hydrogen-bond acceptors (Lipinski definition) is 1. The minimum atomic E-state index is 0.812. The first-order valence-electron chi connectivity index (χ1n) is 4.05. The number of ether oxygens (including phenoxy) is 1. The van der Waals surface area contributed by atoms with Gasteiger partial charge in [-0.15, -0.1) is 0 Å². The van der Waals surface area contributed by atoms with Gasteiger partial charge in [0.25, 0.3) is 0 Å². The van der Waals surface area contributed by atoms with Crippen LogP contribution in [0.15, 0.2) is 30.3 Å². The SMILES string of the molecule is CCOCCc1ccccc1. The van der Waals surface area contributed by atoms with E-state index in [0.717, 1.165) is 19.6 Å². The molecule has 0 heterocycles. The molecule has 0 bridgehead atoms. The summed E-state index contributed by atoms with van der Waals surface area (Å²) in [6.45, 7) is 3.67. The van der Waals surface area contributed by atoms with Crippen molar-refractivity contribution in [3.8, 4) is 0 Å². The second-order valence-electron chi connectivity index (χ2n) is 2.43. The summed E-state index contributed by atoms with van der Waals surface area (Å²) in [5.74, 6) is 0. The van der Waals surface area contributed by atoms with E-state index in [9.17, 15) is 0 Å². The Kier molecular flexibility index (Phi) is 3.70. The Morgan fingerprint density at radius 2 is 1.91 bits per heavy atom. The van der Waals surface area contributed by atoms with E-state index in [1.54, 1.807) is 0 Å². The Balaban J connectivity index is 2.28. The summed E-state index contributed by atoms with van der Waals surface area (Å²) >= 11 is 0. The zero-order chi connectivity index (χ0) is 7.94. The second kappa shape index (κ2) is 4.91. The first-order chi connectivity index (χ1) is 5.43. The van der Waals surface area contributed by atoms with Crippen molar-refractivity contribution in [3.63, 3.8) is 0 Å². The molecule has 0 fully saturated rings. The van der Waals surface area contributed by atoms with Crippen LogP contribution in [0.5, 0.6) is 0 Å². The van der Waals surface area contributed by atoms with Gasteiger partial charge in [-0.1, -0.05) is 30.3 Å². The normalized spacial score (nSPS) is 9.91. The first kappa shape index (κ1) is 8.28. The molecule has 0 aromatic heterocycles. The first-order valence-corrected chi connectivity index (χ1v) is 4.05. The van der Waals surface area contributed by atoms with Crippen molar-refractivity contribution in [1.29, 1.82) is 0 Å². The Hall–Kier alpha value is -0.820. The van der Waals surface area contributed by atoms with Gasteiger partial charge < -0.3 is 4.74 Å². The lowest BCUT2D eigenvalue weighted by Gasteiger charge is -2.00. The molecule has 0 aliphatic carbocycles. The van der Waals surface area contributed by atoms with Gasteiger partial charge in [0.2, 0.25) is 0 Å². The average molecular weight is 150 g/mol. The van der Waals surface area contributed by atoms with Gasteiger partial charge in [0.15, 0.2) is 0 Å². The molecular weight excluding hydrogens is 136 g/mol. The van der Waals surface area contributed by atoms with Crippen LogP contribution in [0.2, 0.25) is 0 Å². The van der Waals surface area contributed by atoms with Crippen molar-refractivity contribution in [2.75, 3.05) is 13.2 Å². The minimum absolute atomic E-state index is 0.812. The average Bonchev–Trinajstić information content (AvgIpc) is 2.07. The largest absolute Gasteiger partial charge is 0.381 e. The van der Waals surface area contributed by atoms with Crippen LogP contribution in [0, 0.1) is 0 Å². The van der Waals surface area contributed by atoms with Gasteiger partial charge in [0.1, 0.15) is 0 Å². The fourth-order valence-corrected chi connectivity index (χ4v) is 0.979. The van der Waals surface area contributed by atoms with E-state index < -0.39 is 0 Å². The van der Waals surface area contributed by atoms with Crippen LogP contribution < -0.4 is 0 Å². The monoisotopic (exact) mass is 150 g/mol. The minimum Gasteiger partial charge on any atom is -0.381 e. The highest BCUT2D eigenvalue weighted by Crippen LogP contribution is 1.98. The van der Waals surface area contributed by atoms with Crippen LogP contribution in [0.3, 0.4) is 0 Å². The quantitative estimate of drug-likeness (QED) is 0.598. The molecule has 60 valence electrons. The Bertz CT molecular complexity index is 181. The van der Waals surface area contributed by atoms with Gasteiger partial charge in [-0.2, -0.15) is 0 Å². The van der Waals surface area contributed by atoms with Gasteiger partial charge in [0.05, 0.1) is 6.61 Å². The fraction of sp³-hybridized carbons (Fsp3) is 0.400. The summed E-state index contributed by atoms with van der Waals surface area (Å²) in [5, 5.41) is 0. The van der Waals surface area contributed by atoms with Gasteiger partial charge in [-0.25, -0.2) is 0 Å². The Labute approximate surface area is 68.0 Å². The summed E-state index contributed by atoms with van der Waals surface area (Å²) < 4.78 is 5.24. The topological polar surface area (TPSA) is 9.23 Å². The van der Waals surface area contributed by atoms with E-state index in [4.69, 9.17) is 4.74 Å². The lowest BCUT2D eigenvalue weighted by molar-refractivity contribution is 0.151. The molecular formula is C10H14O. The van der Waals surface area contributed by atoms with E-state index >= 15 is 0 Å². The number of rotatable bonds is 4. The summed E-state index contributed by atoms with van der Waals surface area (Å²) in [4.78, 5) is 0. The van der Waals surface area contributed by atoms with Crippen LogP contribution in [-0.4, -0.2) is 13.2 Å². The van der Waals surface area contributed by atoms with Crippen molar-refractivity contribution in [2.24, 2.45) is 0 Å². The van der Waals surface area contributed by atoms with Gasteiger partial charge in [0, 0.05) is 6.61 Å². The van der Waals surface area contributed by atoms with E-state index in [-0.39, 0.29) is 0 Å². The summed E-state index contributed by atoms with van der Waals surface area (Å²) in [7, 11) is 0. The highest BCUT2D eigenvalue weighted by atomic mass is 16.5. The molecule has 0 saturated carbocycles. The van der Waals surface area contributed by atoms with Crippen LogP contribution in [-0.2, 0) is 11.2 Å². The molecule has 1 aromatic rings. The van der Waals surface area contributed by atoms with E-state index in [0.29, 0.717) is 0 Å². The molecule has 0 unspecified atom stereocenters. The van der Waals surface area contributed by atoms with E-state index in [2.05, 4.69) is 24.3 Å². The van der Waals surface area contributed by atoms with Crippen molar-refractivity contribution in [3.05, 3.63) is 35.9 Å². The standard InChI is InChI=1S/C10H14O/c1-2-11-9-8-10-6-4-3-5-7-10/h3-7H,2,8-9H2,1H3. The molecule has 1 heteroatoms. The van der Waals surface area contributed by atoms with Crippen LogP contribution >= 0.6 is 0 Å². The predicted molar refractivity (Wildman–Crippen MR) is 46.6 cm³/mol. The molecule has 11 heavy (non-hydrogen) atoms. The zero-order valence-corrected chi connectivity index (χ0v) is 6.92. The van der Waals surface area contributed by atoms with E-state index in [1.165, 1.54) is 5.56 Å². The molecule has 0 radical (unpaired) electrons. The molecule has 1 rings (SSSR count). The zero-order valence-electron chi connectivity index (χ0n) is 6.92. The van der Waals surface area contributed by atoms with Crippen molar-refractivity contribution in [1.82, 2.24) is 0 Å². The number of benzene rings is 1. The van der Waals surface area contributed by atoms with E-state index in [1.807, 2.05) is 13.0 Å². The molecule has 1 nitrogen and oxygen atoms in total. The molecule has 0 aliphatic rings. The van der Waals surface area contributed by atoms with Crippen LogP contribution in [0.4, 0.5) is 0 Å². The number of hydrogen-bond donors (Lipinski definition) is 0. The smallest absolute Gasteiger partial charge is 0.0506 e. The molecule has 0 spiro atoms. The molecule has 1 aromatic carbocycles. The van der Waals surface area contributed by atoms with Crippen molar-refractivity contribution in [2.45, 2.75) is 13.3 Å². The van der Waals surface area contributed by atoms with Gasteiger partial charge in [-0.3, -0.25) is 0 Å². The lowest BCUT2D eigenvalue weighted by Crippen LogP contribution is -1.96. The summed E-state index contributed by atoms with van der Waals surface area (Å²) in [6, 6.07) is 10.4. The maximum atomic E-state index is 5.24. The maximum Gasteiger partial charge on any atom is 0.0506 e. The predicted octanol–water partition coefficient (Wildman–Crippen LogP) is 2.27. The third kappa shape index (κ3) is 3.19. The molecule has 0 aliphatic heterocycles.